The Morgan fingerprint density at radius 1 is 1.42 bits per heavy atom. The number of amides is 1. The number of carbonyl (C=O) groups is 1. The van der Waals surface area contributed by atoms with Crippen molar-refractivity contribution in [1.82, 2.24) is 5.32 Å². The van der Waals surface area contributed by atoms with Gasteiger partial charge in [0.25, 0.3) is 5.91 Å². The molecule has 0 aromatic heterocycles. The van der Waals surface area contributed by atoms with Crippen LogP contribution in [-0.2, 0) is 0 Å². The number of anilines is 1. The second-order valence-electron chi connectivity index (χ2n) is 5.45. The van der Waals surface area contributed by atoms with Crippen LogP contribution in [0.1, 0.15) is 30.6 Å². The number of benzene rings is 1. The number of hydrogen-bond donors (Lipinski definition) is 3. The zero-order chi connectivity index (χ0) is 14.4. The van der Waals surface area contributed by atoms with Gasteiger partial charge in [-0.05, 0) is 12.5 Å². The van der Waals surface area contributed by atoms with Gasteiger partial charge in [0.05, 0.1) is 17.4 Å². The molecule has 0 radical (unpaired) electrons. The van der Waals surface area contributed by atoms with Gasteiger partial charge in [0.1, 0.15) is 11.6 Å². The van der Waals surface area contributed by atoms with Gasteiger partial charge in [-0.15, -0.1) is 0 Å². The lowest BCUT2D eigenvalue weighted by atomic mass is 9.64. The van der Waals surface area contributed by atoms with E-state index in [2.05, 4.69) is 5.32 Å². The Kier molecular flexibility index (Phi) is 3.22. The fourth-order valence-electron chi connectivity index (χ4n) is 2.12. The maximum Gasteiger partial charge on any atom is 0.254 e. The number of nitrogens with two attached hydrogens (primary N) is 1. The molecular weight excluding hydrogens is 254 g/mol. The van der Waals surface area contributed by atoms with E-state index < -0.39 is 29.1 Å². The second-order valence-corrected chi connectivity index (χ2v) is 5.45. The summed E-state index contributed by atoms with van der Waals surface area (Å²) in [6.07, 6.45) is -0.0854. The molecule has 4 nitrogen and oxygen atoms in total. The molecule has 0 heterocycles. The van der Waals surface area contributed by atoms with Gasteiger partial charge in [0.15, 0.2) is 0 Å². The Bertz CT molecular complexity index is 532. The lowest BCUT2D eigenvalue weighted by molar-refractivity contribution is -0.0689. The highest BCUT2D eigenvalue weighted by Crippen LogP contribution is 2.40. The first kappa shape index (κ1) is 13.7. The molecule has 4 N–H and O–H groups in total. The topological polar surface area (TPSA) is 75.3 Å². The number of hydrogen-bond acceptors (Lipinski definition) is 3. The molecule has 1 aromatic rings. The summed E-state index contributed by atoms with van der Waals surface area (Å²) in [6.45, 7) is 3.61. The van der Waals surface area contributed by atoms with E-state index in [9.17, 15) is 18.7 Å². The molecular formula is C13H16F2N2O2. The lowest BCUT2D eigenvalue weighted by Gasteiger charge is -2.49. The minimum Gasteiger partial charge on any atom is -0.396 e. The molecule has 1 amide bonds. The molecule has 0 bridgehead atoms. The Balaban J connectivity index is 2.16. The standard InChI is InChI=1S/C13H16F2N2O2/c1-13(2)10(5-11(13)18)17-12(19)6-3-9(16)8(15)4-7(6)14/h3-4,10-11,18H,5,16H2,1-2H3,(H,17,19). The van der Waals surface area contributed by atoms with Crippen molar-refractivity contribution < 1.29 is 18.7 Å². The lowest BCUT2D eigenvalue weighted by Crippen LogP contribution is -2.61. The van der Waals surface area contributed by atoms with E-state index in [0.29, 0.717) is 12.5 Å². The number of aliphatic hydroxyl groups excluding tert-OH is 1. The van der Waals surface area contributed by atoms with Crippen LogP contribution in [0.2, 0.25) is 0 Å². The van der Waals surface area contributed by atoms with Crippen LogP contribution in [0, 0.1) is 17.0 Å². The molecule has 2 atom stereocenters. The number of carbonyl (C=O) groups excluding carboxylic acids is 1. The van der Waals surface area contributed by atoms with Crippen LogP contribution >= 0.6 is 0 Å². The third-order valence-corrected chi connectivity index (χ3v) is 3.85. The maximum atomic E-state index is 13.5. The Labute approximate surface area is 109 Å². The van der Waals surface area contributed by atoms with Crippen molar-refractivity contribution in [2.75, 3.05) is 5.73 Å². The first-order valence-electron chi connectivity index (χ1n) is 5.97. The van der Waals surface area contributed by atoms with Gasteiger partial charge in [0.2, 0.25) is 0 Å². The van der Waals surface area contributed by atoms with E-state index >= 15 is 0 Å². The van der Waals surface area contributed by atoms with Gasteiger partial charge in [-0.2, -0.15) is 0 Å². The van der Waals surface area contributed by atoms with Crippen LogP contribution in [-0.4, -0.2) is 23.2 Å². The van der Waals surface area contributed by atoms with Crippen molar-refractivity contribution in [3.63, 3.8) is 0 Å². The molecule has 1 aliphatic rings. The summed E-state index contributed by atoms with van der Waals surface area (Å²) < 4.78 is 26.5. The summed E-state index contributed by atoms with van der Waals surface area (Å²) in [7, 11) is 0. The minimum atomic E-state index is -0.957. The average Bonchev–Trinajstić information content (AvgIpc) is 2.33. The van der Waals surface area contributed by atoms with Crippen molar-refractivity contribution in [2.24, 2.45) is 5.41 Å². The smallest absolute Gasteiger partial charge is 0.254 e. The molecule has 2 rings (SSSR count). The van der Waals surface area contributed by atoms with Gasteiger partial charge in [-0.1, -0.05) is 13.8 Å². The third-order valence-electron chi connectivity index (χ3n) is 3.85. The first-order chi connectivity index (χ1) is 8.73. The normalized spacial score (nSPS) is 24.7. The predicted molar refractivity (Wildman–Crippen MR) is 66.4 cm³/mol. The van der Waals surface area contributed by atoms with Gasteiger partial charge >= 0.3 is 0 Å². The predicted octanol–water partition coefficient (Wildman–Crippen LogP) is 1.44. The fourth-order valence-corrected chi connectivity index (χ4v) is 2.12. The minimum absolute atomic E-state index is 0.249. The van der Waals surface area contributed by atoms with Crippen LogP contribution in [0.5, 0.6) is 0 Å². The number of rotatable bonds is 2. The van der Waals surface area contributed by atoms with Crippen LogP contribution < -0.4 is 11.1 Å². The monoisotopic (exact) mass is 270 g/mol. The molecule has 1 saturated carbocycles. The van der Waals surface area contributed by atoms with E-state index in [1.54, 1.807) is 0 Å². The number of halogens is 2. The highest BCUT2D eigenvalue weighted by Gasteiger charge is 2.48. The highest BCUT2D eigenvalue weighted by molar-refractivity contribution is 5.95. The highest BCUT2D eigenvalue weighted by atomic mass is 19.1. The van der Waals surface area contributed by atoms with E-state index in [0.717, 1.165) is 6.07 Å². The van der Waals surface area contributed by atoms with Crippen LogP contribution in [0.25, 0.3) is 0 Å². The third kappa shape index (κ3) is 2.28. The zero-order valence-electron chi connectivity index (χ0n) is 10.7. The van der Waals surface area contributed by atoms with Gasteiger partial charge < -0.3 is 16.2 Å². The molecule has 6 heteroatoms. The van der Waals surface area contributed by atoms with Crippen molar-refractivity contribution in [1.29, 1.82) is 0 Å². The number of aliphatic hydroxyl groups is 1. The largest absolute Gasteiger partial charge is 0.396 e. The quantitative estimate of drug-likeness (QED) is 0.712. The second kappa shape index (κ2) is 4.45. The zero-order valence-corrected chi connectivity index (χ0v) is 10.7. The first-order valence-corrected chi connectivity index (χ1v) is 5.97. The Morgan fingerprint density at radius 3 is 2.58 bits per heavy atom. The van der Waals surface area contributed by atoms with Crippen molar-refractivity contribution >= 4 is 11.6 Å². The molecule has 104 valence electrons. The molecule has 0 spiro atoms. The maximum absolute atomic E-state index is 13.5. The van der Waals surface area contributed by atoms with Gasteiger partial charge in [-0.25, -0.2) is 8.78 Å². The molecule has 1 aromatic carbocycles. The number of nitrogen functional groups attached to an aromatic ring is 1. The van der Waals surface area contributed by atoms with Crippen molar-refractivity contribution in [2.45, 2.75) is 32.4 Å². The average molecular weight is 270 g/mol. The molecule has 19 heavy (non-hydrogen) atoms. The van der Waals surface area contributed by atoms with E-state index in [1.807, 2.05) is 13.8 Å². The molecule has 0 saturated heterocycles. The summed E-state index contributed by atoms with van der Waals surface area (Å²) in [4.78, 5) is 11.9. The SMILES string of the molecule is CC1(C)C(O)CC1NC(=O)c1cc(N)c(F)cc1F. The summed E-state index contributed by atoms with van der Waals surface area (Å²) in [5.74, 6) is -2.51. The fraction of sp³-hybridized carbons (Fsp3) is 0.462. The summed E-state index contributed by atoms with van der Waals surface area (Å²) in [5.41, 5.74) is 4.28. The summed E-state index contributed by atoms with van der Waals surface area (Å²) in [6, 6.07) is 1.31. The van der Waals surface area contributed by atoms with Crippen molar-refractivity contribution in [3.05, 3.63) is 29.3 Å². The van der Waals surface area contributed by atoms with Crippen LogP contribution in [0.4, 0.5) is 14.5 Å². The Hall–Kier alpha value is -1.69. The number of nitrogens with one attached hydrogen (secondary N) is 1. The van der Waals surface area contributed by atoms with Gasteiger partial charge in [0, 0.05) is 17.5 Å². The van der Waals surface area contributed by atoms with Crippen LogP contribution in [0.3, 0.4) is 0 Å². The van der Waals surface area contributed by atoms with E-state index in [4.69, 9.17) is 5.73 Å². The van der Waals surface area contributed by atoms with Gasteiger partial charge in [-0.3, -0.25) is 4.79 Å². The summed E-state index contributed by atoms with van der Waals surface area (Å²) >= 11 is 0. The van der Waals surface area contributed by atoms with E-state index in [-0.39, 0.29) is 17.3 Å². The van der Waals surface area contributed by atoms with E-state index in [1.165, 1.54) is 0 Å². The molecule has 1 fully saturated rings. The summed E-state index contributed by atoms with van der Waals surface area (Å²) in [5, 5.41) is 12.2. The molecule has 2 unspecified atom stereocenters. The molecule has 0 aliphatic heterocycles. The van der Waals surface area contributed by atoms with Crippen molar-refractivity contribution in [3.8, 4) is 0 Å². The molecule has 1 aliphatic carbocycles. The Morgan fingerprint density at radius 2 is 2.05 bits per heavy atom. The van der Waals surface area contributed by atoms with Crippen LogP contribution in [0.15, 0.2) is 12.1 Å².